The lowest BCUT2D eigenvalue weighted by molar-refractivity contribution is -0.127. The summed E-state index contributed by atoms with van der Waals surface area (Å²) in [4.78, 5) is 12.7. The Morgan fingerprint density at radius 2 is 2.07 bits per heavy atom. The molecular formula is C9H19N3O2S. The molecule has 1 amide bonds. The van der Waals surface area contributed by atoms with Gasteiger partial charge < -0.3 is 20.3 Å². The number of likely N-dealkylation sites (N-methyl/N-ethyl adjacent to an activating group) is 1. The molecule has 6 heteroatoms. The first-order valence-electron chi connectivity index (χ1n) is 4.78. The maximum absolute atomic E-state index is 11.2. The zero-order chi connectivity index (χ0) is 11.7. The van der Waals surface area contributed by atoms with Crippen LogP contribution in [0.3, 0.4) is 0 Å². The molecule has 0 aromatic rings. The summed E-state index contributed by atoms with van der Waals surface area (Å²) >= 11 is 4.97. The monoisotopic (exact) mass is 233 g/mol. The van der Waals surface area contributed by atoms with Crippen molar-refractivity contribution < 1.29 is 9.53 Å². The van der Waals surface area contributed by atoms with Crippen LogP contribution < -0.4 is 10.6 Å². The Hall–Kier alpha value is -0.880. The summed E-state index contributed by atoms with van der Waals surface area (Å²) in [6.07, 6.45) is 0.889. The Morgan fingerprint density at radius 1 is 1.40 bits per heavy atom. The molecule has 0 bridgehead atoms. The molecule has 0 heterocycles. The highest BCUT2D eigenvalue weighted by atomic mass is 32.1. The molecule has 0 rings (SSSR count). The van der Waals surface area contributed by atoms with Crippen molar-refractivity contribution in [1.29, 1.82) is 0 Å². The second-order valence-corrected chi connectivity index (χ2v) is 3.65. The Kier molecular flexibility index (Phi) is 7.94. The fourth-order valence-corrected chi connectivity index (χ4v) is 0.969. The van der Waals surface area contributed by atoms with Crippen LogP contribution in [0.5, 0.6) is 0 Å². The molecule has 0 saturated carbocycles. The molecule has 0 aliphatic heterocycles. The van der Waals surface area contributed by atoms with Crippen LogP contribution in [0.2, 0.25) is 0 Å². The molecule has 0 atom stereocenters. The molecular weight excluding hydrogens is 214 g/mol. The second-order valence-electron chi connectivity index (χ2n) is 3.24. The predicted octanol–water partition coefficient (Wildman–Crippen LogP) is -0.425. The molecule has 0 aliphatic rings. The minimum Gasteiger partial charge on any atom is -0.385 e. The Labute approximate surface area is 96.2 Å². The molecule has 0 aliphatic carbocycles. The number of carbonyl (C=O) groups excluding carboxylic acids is 1. The van der Waals surface area contributed by atoms with Crippen molar-refractivity contribution in [3.63, 3.8) is 0 Å². The van der Waals surface area contributed by atoms with Gasteiger partial charge in [-0.1, -0.05) is 0 Å². The number of methoxy groups -OCH3 is 1. The molecule has 0 fully saturated rings. The van der Waals surface area contributed by atoms with Crippen molar-refractivity contribution in [2.75, 3.05) is 40.9 Å². The van der Waals surface area contributed by atoms with Gasteiger partial charge in [0.1, 0.15) is 0 Å². The Bertz CT molecular complexity index is 210. The van der Waals surface area contributed by atoms with Crippen molar-refractivity contribution in [2.45, 2.75) is 6.42 Å². The van der Waals surface area contributed by atoms with Crippen molar-refractivity contribution in [3.8, 4) is 0 Å². The molecule has 0 radical (unpaired) electrons. The summed E-state index contributed by atoms with van der Waals surface area (Å²) in [5, 5.41) is 6.31. The minimum atomic E-state index is -0.00367. The maximum atomic E-state index is 11.2. The van der Waals surface area contributed by atoms with Crippen LogP contribution in [0.4, 0.5) is 0 Å². The number of hydrogen-bond donors (Lipinski definition) is 2. The summed E-state index contributed by atoms with van der Waals surface area (Å²) in [7, 11) is 5.07. The average molecular weight is 233 g/mol. The first-order chi connectivity index (χ1) is 7.07. The largest absolute Gasteiger partial charge is 0.385 e. The number of hydrogen-bond acceptors (Lipinski definition) is 3. The number of ether oxygens (including phenoxy) is 1. The smallest absolute Gasteiger partial charge is 0.241 e. The van der Waals surface area contributed by atoms with Gasteiger partial charge in [0, 0.05) is 34.4 Å². The highest BCUT2D eigenvalue weighted by Crippen LogP contribution is 1.79. The van der Waals surface area contributed by atoms with Gasteiger partial charge in [-0.2, -0.15) is 0 Å². The number of thiocarbonyl (C=S) groups is 1. The van der Waals surface area contributed by atoms with Crippen LogP contribution in [-0.4, -0.2) is 56.8 Å². The van der Waals surface area contributed by atoms with Gasteiger partial charge in [0.25, 0.3) is 0 Å². The summed E-state index contributed by atoms with van der Waals surface area (Å²) in [5.41, 5.74) is 0. The van der Waals surface area contributed by atoms with Gasteiger partial charge >= 0.3 is 0 Å². The number of nitrogens with one attached hydrogen (secondary N) is 2. The topological polar surface area (TPSA) is 53.6 Å². The zero-order valence-corrected chi connectivity index (χ0v) is 10.3. The maximum Gasteiger partial charge on any atom is 0.241 e. The van der Waals surface area contributed by atoms with E-state index in [-0.39, 0.29) is 12.5 Å². The number of nitrogens with zero attached hydrogens (tertiary/aromatic N) is 1. The lowest BCUT2D eigenvalue weighted by atomic mass is 10.4. The van der Waals surface area contributed by atoms with Crippen LogP contribution in [0, 0.1) is 0 Å². The average Bonchev–Trinajstić information content (AvgIpc) is 2.20. The molecule has 0 aromatic heterocycles. The van der Waals surface area contributed by atoms with Crippen LogP contribution in [-0.2, 0) is 9.53 Å². The zero-order valence-electron chi connectivity index (χ0n) is 9.50. The minimum absolute atomic E-state index is 0.00367. The molecule has 88 valence electrons. The van der Waals surface area contributed by atoms with E-state index in [1.165, 1.54) is 4.90 Å². The van der Waals surface area contributed by atoms with Gasteiger partial charge in [-0.05, 0) is 18.6 Å². The molecule has 0 saturated heterocycles. The summed E-state index contributed by atoms with van der Waals surface area (Å²) in [6, 6.07) is 0. The molecule has 5 nitrogen and oxygen atoms in total. The van der Waals surface area contributed by atoms with Crippen LogP contribution in [0.1, 0.15) is 6.42 Å². The fraction of sp³-hybridized carbons (Fsp3) is 0.778. The highest BCUT2D eigenvalue weighted by Gasteiger charge is 2.03. The molecule has 2 N–H and O–H groups in total. The van der Waals surface area contributed by atoms with Gasteiger partial charge in [0.05, 0.1) is 6.54 Å². The third-order valence-electron chi connectivity index (χ3n) is 1.71. The standard InChI is InChI=1S/C9H19N3O2S/c1-12(2)8(13)7-11-9(15)10-5-4-6-14-3/h4-7H2,1-3H3,(H2,10,11,15). The fourth-order valence-electron chi connectivity index (χ4n) is 0.795. The van der Waals surface area contributed by atoms with Gasteiger partial charge in [-0.25, -0.2) is 0 Å². The van der Waals surface area contributed by atoms with E-state index in [1.54, 1.807) is 21.2 Å². The first kappa shape index (κ1) is 14.1. The van der Waals surface area contributed by atoms with Crippen LogP contribution in [0.25, 0.3) is 0 Å². The number of amides is 1. The van der Waals surface area contributed by atoms with E-state index >= 15 is 0 Å². The van der Waals surface area contributed by atoms with E-state index in [4.69, 9.17) is 17.0 Å². The van der Waals surface area contributed by atoms with E-state index in [0.29, 0.717) is 11.7 Å². The van der Waals surface area contributed by atoms with E-state index in [2.05, 4.69) is 10.6 Å². The number of rotatable bonds is 6. The third-order valence-corrected chi connectivity index (χ3v) is 2.00. The van der Waals surface area contributed by atoms with Gasteiger partial charge in [-0.15, -0.1) is 0 Å². The second kappa shape index (κ2) is 8.43. The lowest BCUT2D eigenvalue weighted by Crippen LogP contribution is -2.41. The Balaban J connectivity index is 3.45. The third kappa shape index (κ3) is 8.14. The van der Waals surface area contributed by atoms with E-state index in [0.717, 1.165) is 13.0 Å². The normalized spacial score (nSPS) is 9.53. The van der Waals surface area contributed by atoms with E-state index < -0.39 is 0 Å². The summed E-state index contributed by atoms with van der Waals surface area (Å²) in [5.74, 6) is -0.00367. The van der Waals surface area contributed by atoms with E-state index in [1.807, 2.05) is 0 Å². The van der Waals surface area contributed by atoms with Crippen molar-refractivity contribution in [3.05, 3.63) is 0 Å². The van der Waals surface area contributed by atoms with Crippen LogP contribution >= 0.6 is 12.2 Å². The van der Waals surface area contributed by atoms with E-state index in [9.17, 15) is 4.79 Å². The van der Waals surface area contributed by atoms with Crippen LogP contribution in [0.15, 0.2) is 0 Å². The summed E-state index contributed by atoms with van der Waals surface area (Å²) < 4.78 is 4.89. The van der Waals surface area contributed by atoms with Crippen molar-refractivity contribution in [2.24, 2.45) is 0 Å². The molecule has 15 heavy (non-hydrogen) atoms. The van der Waals surface area contributed by atoms with Crippen molar-refractivity contribution in [1.82, 2.24) is 15.5 Å². The molecule has 0 aromatic carbocycles. The highest BCUT2D eigenvalue weighted by molar-refractivity contribution is 7.80. The first-order valence-corrected chi connectivity index (χ1v) is 5.19. The number of carbonyl (C=O) groups is 1. The Morgan fingerprint density at radius 3 is 2.60 bits per heavy atom. The van der Waals surface area contributed by atoms with Gasteiger partial charge in [-0.3, -0.25) is 4.79 Å². The van der Waals surface area contributed by atoms with Gasteiger partial charge in [0.2, 0.25) is 5.91 Å². The van der Waals surface area contributed by atoms with Crippen molar-refractivity contribution >= 4 is 23.2 Å². The lowest BCUT2D eigenvalue weighted by Gasteiger charge is -2.13. The SMILES string of the molecule is COCCCNC(=S)NCC(=O)N(C)C. The van der Waals surface area contributed by atoms with Gasteiger partial charge in [0.15, 0.2) is 5.11 Å². The molecule has 0 spiro atoms. The summed E-state index contributed by atoms with van der Waals surface area (Å²) in [6.45, 7) is 1.67. The molecule has 0 unspecified atom stereocenters. The quantitative estimate of drug-likeness (QED) is 0.482. The predicted molar refractivity (Wildman–Crippen MR) is 63.8 cm³/mol.